The van der Waals surface area contributed by atoms with E-state index in [-0.39, 0.29) is 55.4 Å². The molecule has 1 N–H and O–H groups in total. The van der Waals surface area contributed by atoms with Crippen LogP contribution in [0.15, 0.2) is 95.9 Å². The van der Waals surface area contributed by atoms with Crippen LogP contribution in [0.4, 0.5) is 27.6 Å². The maximum atomic E-state index is 15.1. The number of halogens is 5. The van der Waals surface area contributed by atoms with Gasteiger partial charge >= 0.3 is 6.18 Å². The van der Waals surface area contributed by atoms with Gasteiger partial charge in [0.1, 0.15) is 12.6 Å². The van der Waals surface area contributed by atoms with Crippen molar-refractivity contribution >= 4 is 23.4 Å². The van der Waals surface area contributed by atoms with Crippen LogP contribution in [0.1, 0.15) is 64.6 Å². The van der Waals surface area contributed by atoms with Gasteiger partial charge in [-0.1, -0.05) is 66.2 Å². The molecule has 1 fully saturated rings. The summed E-state index contributed by atoms with van der Waals surface area (Å²) in [5.41, 5.74) is -3.90. The van der Waals surface area contributed by atoms with Crippen LogP contribution < -0.4 is 4.90 Å². The van der Waals surface area contributed by atoms with E-state index in [0.717, 1.165) is 40.1 Å². The van der Waals surface area contributed by atoms with Gasteiger partial charge in [-0.2, -0.15) is 13.2 Å². The minimum absolute atomic E-state index is 0.0484. The molecule has 0 saturated carbocycles. The van der Waals surface area contributed by atoms with Crippen molar-refractivity contribution in [2.45, 2.75) is 50.3 Å². The number of likely N-dealkylation sites (tertiary alicyclic amines) is 1. The quantitative estimate of drug-likeness (QED) is 0.146. The minimum atomic E-state index is -4.55. The lowest BCUT2D eigenvalue weighted by Gasteiger charge is -2.40. The molecule has 4 aromatic carbocycles. The van der Waals surface area contributed by atoms with Crippen molar-refractivity contribution < 1.29 is 54.4 Å². The van der Waals surface area contributed by atoms with Gasteiger partial charge in [-0.05, 0) is 66.7 Å². The molecule has 53 heavy (non-hydrogen) atoms. The van der Waals surface area contributed by atoms with Crippen molar-refractivity contribution in [3.63, 3.8) is 0 Å². The van der Waals surface area contributed by atoms with Crippen LogP contribution in [-0.4, -0.2) is 66.6 Å². The molecule has 0 aromatic heterocycles. The van der Waals surface area contributed by atoms with E-state index >= 15 is 4.39 Å². The third-order valence-electron chi connectivity index (χ3n) is 8.83. The van der Waals surface area contributed by atoms with Crippen LogP contribution in [0.2, 0.25) is 0 Å². The first kappa shape index (κ1) is 25.0. The summed E-state index contributed by atoms with van der Waals surface area (Å²) in [7, 11) is -3.29. The second kappa shape index (κ2) is 16.8. The van der Waals surface area contributed by atoms with E-state index in [2.05, 4.69) is 4.74 Å². The number of aliphatic hydroxyl groups excluding tert-OH is 1. The molecular weight excluding hydrogens is 710 g/mol. The van der Waals surface area contributed by atoms with E-state index in [4.69, 9.17) is 17.8 Å². The lowest BCUT2D eigenvalue weighted by atomic mass is 9.99. The molecule has 0 aliphatic carbocycles. The highest BCUT2D eigenvalue weighted by molar-refractivity contribution is 8.02. The number of alkyl halides is 3. The first-order valence-corrected chi connectivity index (χ1v) is 17.2. The number of amides is 1. The Bertz CT molecular complexity index is 2510. The van der Waals surface area contributed by atoms with Gasteiger partial charge in [0.05, 0.1) is 29.5 Å². The maximum absolute atomic E-state index is 15.1. The van der Waals surface area contributed by atoms with Crippen molar-refractivity contribution in [1.82, 2.24) is 9.80 Å². The Morgan fingerprint density at radius 3 is 2.43 bits per heavy atom. The zero-order valence-corrected chi connectivity index (χ0v) is 29.0. The predicted octanol–water partition coefficient (Wildman–Crippen LogP) is 8.73. The lowest BCUT2D eigenvalue weighted by molar-refractivity contribution is -0.137. The monoisotopic (exact) mass is 764 g/mol. The number of carbonyl (C=O) groups is 1. The number of nitrogens with zero attached hydrogens (tertiary/aromatic N) is 3. The molecule has 0 spiro atoms. The summed E-state index contributed by atoms with van der Waals surface area (Å²) in [6, 6.07) is 10.5. The summed E-state index contributed by atoms with van der Waals surface area (Å²) in [6.45, 7) is -6.52. The van der Waals surface area contributed by atoms with Crippen molar-refractivity contribution in [2.75, 3.05) is 44.6 Å². The van der Waals surface area contributed by atoms with E-state index in [1.165, 1.54) is 24.0 Å². The van der Waals surface area contributed by atoms with Gasteiger partial charge in [-0.15, -0.1) is 11.8 Å². The van der Waals surface area contributed by atoms with E-state index in [1.54, 1.807) is 24.3 Å². The zero-order valence-electron chi connectivity index (χ0n) is 41.2. The Morgan fingerprint density at radius 1 is 1.06 bits per heavy atom. The Kier molecular flexibility index (Phi) is 7.93. The van der Waals surface area contributed by atoms with E-state index < -0.39 is 114 Å². The topological polar surface area (TPSA) is 56.3 Å². The zero-order chi connectivity index (χ0) is 49.1. The summed E-state index contributed by atoms with van der Waals surface area (Å²) in [4.78, 5) is 18.3. The highest BCUT2D eigenvalue weighted by Gasteiger charge is 2.33. The second-order valence-electron chi connectivity index (χ2n) is 12.3. The number of piperidine rings is 1. The minimum Gasteiger partial charge on any atom is -0.384 e. The van der Waals surface area contributed by atoms with Gasteiger partial charge < -0.3 is 24.5 Å². The molecule has 2 aliphatic rings. The third kappa shape index (κ3) is 9.29. The number of fused-ring (bicyclic) bond motifs is 1. The molecule has 1 saturated heterocycles. The average Bonchev–Trinajstić information content (AvgIpc) is 3.23. The Balaban J connectivity index is 1.40. The summed E-state index contributed by atoms with van der Waals surface area (Å²) in [5.74, 6) is -3.74. The standard InChI is InChI=1S/C41H42F5N3O3S/c1-27-6-15-36-34(22-27)37(50)23-39(53-26-31-4-3-5-35(42)40(31)43)49(36)25-38(51)48(33-16-18-47(19-17-33)20-21-52-2)24-28-7-9-29(10-8-28)30-11-13-32(14-12-30)41(44,45)46/h3-15,22-23,33,37,50H,16-21,24-26H2,1-2H3/i2D3,6D,15D,20D2,21D2,22D,23D,26D2. The number of rotatable bonds is 12. The Morgan fingerprint density at radius 2 is 1.75 bits per heavy atom. The number of methoxy groups -OCH3 is 1. The van der Waals surface area contributed by atoms with Gasteiger partial charge in [0.15, 0.2) is 11.6 Å². The normalized spacial score (nSPS) is 21.5. The number of aliphatic hydroxyl groups is 1. The molecule has 1 atom stereocenters. The highest BCUT2D eigenvalue weighted by atomic mass is 32.2. The fourth-order valence-corrected chi connectivity index (χ4v) is 6.89. The van der Waals surface area contributed by atoms with Crippen LogP contribution >= 0.6 is 11.8 Å². The summed E-state index contributed by atoms with van der Waals surface area (Å²) >= 11 is 0.121. The average molecular weight is 765 g/mol. The van der Waals surface area contributed by atoms with Crippen LogP contribution in [-0.2, 0) is 28.0 Å². The number of benzene rings is 4. The van der Waals surface area contributed by atoms with Gasteiger partial charge in [-0.25, -0.2) is 8.78 Å². The Hall–Kier alpha value is -4.23. The second-order valence-corrected chi connectivity index (χ2v) is 13.1. The fraction of sp³-hybridized carbons (Fsp3) is 0.341. The van der Waals surface area contributed by atoms with Crippen LogP contribution in [0.25, 0.3) is 11.1 Å². The number of thioether (sulfide) groups is 1. The van der Waals surface area contributed by atoms with E-state index in [9.17, 15) is 27.5 Å². The van der Waals surface area contributed by atoms with Gasteiger partial charge in [-0.3, -0.25) is 4.79 Å². The lowest BCUT2D eigenvalue weighted by Crippen LogP contribution is -2.50. The molecule has 4 aromatic rings. The molecule has 12 heteroatoms. The number of hydrogen-bond acceptors (Lipinski definition) is 6. The van der Waals surface area contributed by atoms with Crippen molar-refractivity contribution in [3.05, 3.63) is 135 Å². The van der Waals surface area contributed by atoms with Crippen molar-refractivity contribution in [2.24, 2.45) is 0 Å². The van der Waals surface area contributed by atoms with Gasteiger partial charge in [0, 0.05) is 67.2 Å². The number of ether oxygens (including phenoxy) is 1. The van der Waals surface area contributed by atoms with E-state index in [0.29, 0.717) is 16.7 Å². The van der Waals surface area contributed by atoms with Crippen LogP contribution in [0.3, 0.4) is 0 Å². The number of hydrogen-bond donors (Lipinski definition) is 1. The molecule has 1 unspecified atom stereocenters. The first-order valence-electron chi connectivity index (χ1n) is 22.9. The molecule has 0 bridgehead atoms. The summed E-state index contributed by atoms with van der Waals surface area (Å²) < 4.78 is 182. The maximum Gasteiger partial charge on any atom is 0.416 e. The summed E-state index contributed by atoms with van der Waals surface area (Å²) in [6.07, 6.45) is -6.64. The van der Waals surface area contributed by atoms with Crippen LogP contribution in [0.5, 0.6) is 0 Å². The van der Waals surface area contributed by atoms with Gasteiger partial charge in [0.25, 0.3) is 0 Å². The third-order valence-corrected chi connectivity index (χ3v) is 9.68. The molecule has 280 valence electrons. The van der Waals surface area contributed by atoms with Crippen molar-refractivity contribution in [3.8, 4) is 11.1 Å². The number of carbonyl (C=O) groups excluding carboxylic acids is 1. The molecule has 1 amide bonds. The van der Waals surface area contributed by atoms with E-state index in [1.807, 2.05) is 0 Å². The molecular formula is C41H42F5N3O3S. The molecule has 0 radical (unpaired) electrons. The Labute approximate surface area is 329 Å². The number of anilines is 1. The van der Waals surface area contributed by atoms with Gasteiger partial charge in [0.2, 0.25) is 5.91 Å². The molecule has 2 aliphatic heterocycles. The largest absolute Gasteiger partial charge is 0.416 e. The smallest absolute Gasteiger partial charge is 0.384 e. The van der Waals surface area contributed by atoms with Crippen molar-refractivity contribution in [1.29, 1.82) is 0 Å². The molecule has 2 heterocycles. The molecule has 6 rings (SSSR count). The predicted molar refractivity (Wildman–Crippen MR) is 198 cm³/mol. The highest BCUT2D eigenvalue weighted by Crippen LogP contribution is 2.41. The first-order chi connectivity index (χ1) is 30.5. The fourth-order valence-electron chi connectivity index (χ4n) is 6.09. The van der Waals surface area contributed by atoms with Crippen LogP contribution in [0, 0.1) is 18.6 Å². The summed E-state index contributed by atoms with van der Waals surface area (Å²) in [5, 5.41) is 10.9. The SMILES string of the molecule is [2H]C1=C(SC([2H])([2H])c2cccc(F)c2F)N(CC(=O)N(Cc2ccc(-c3ccc(C(F)(F)F)cc3)cc2)C2CCN(C([2H])([2H])C([2H])([2H])OC([2H])([2H])[2H])CC2)c2c([2H])c([2H])c(C)c([2H])c2C1O. The molecule has 6 nitrogen and oxygen atoms in total.